The van der Waals surface area contributed by atoms with Gasteiger partial charge in [0.15, 0.2) is 5.75 Å². The lowest BCUT2D eigenvalue weighted by molar-refractivity contribution is 0.209. The van der Waals surface area contributed by atoms with Gasteiger partial charge in [0, 0.05) is 39.1 Å². The first-order chi connectivity index (χ1) is 31.7. The Labute approximate surface area is 373 Å². The van der Waals surface area contributed by atoms with Crippen LogP contribution in [0.1, 0.15) is 11.5 Å². The highest BCUT2D eigenvalue weighted by atomic mass is 16.5. The molecule has 3 atom stereocenters. The number of hydrogen-bond acceptors (Lipinski definition) is 3. The van der Waals surface area contributed by atoms with Gasteiger partial charge in [-0.05, 0) is 98.6 Å². The topological polar surface area (TPSA) is 15.7 Å². The Morgan fingerprint density at radius 2 is 0.875 bits per heavy atom. The second-order valence-corrected chi connectivity index (χ2v) is 17.2. The zero-order valence-corrected chi connectivity index (χ0v) is 35.1. The second kappa shape index (κ2) is 14.5. The zero-order chi connectivity index (χ0) is 42.2. The molecule has 0 aromatic heterocycles. The summed E-state index contributed by atoms with van der Waals surface area (Å²) in [6.07, 6.45) is 6.90. The third-order valence-electron chi connectivity index (χ3n) is 13.7. The van der Waals surface area contributed by atoms with Gasteiger partial charge in [-0.2, -0.15) is 0 Å². The van der Waals surface area contributed by atoms with Crippen molar-refractivity contribution >= 4 is 60.8 Å². The second-order valence-electron chi connectivity index (χ2n) is 17.2. The van der Waals surface area contributed by atoms with Gasteiger partial charge in [0.1, 0.15) is 5.60 Å². The van der Waals surface area contributed by atoms with Crippen molar-refractivity contribution in [3.8, 4) is 28.0 Å². The molecule has 13 rings (SSSR count). The molecule has 3 aliphatic rings. The van der Waals surface area contributed by atoms with E-state index in [9.17, 15) is 0 Å². The van der Waals surface area contributed by atoms with Crippen molar-refractivity contribution in [1.29, 1.82) is 0 Å². The predicted octanol–water partition coefficient (Wildman–Crippen LogP) is 16.1. The van der Waals surface area contributed by atoms with E-state index in [1.165, 1.54) is 65.8 Å². The van der Waals surface area contributed by atoms with Gasteiger partial charge in [-0.1, -0.05) is 188 Å². The summed E-state index contributed by atoms with van der Waals surface area (Å²) in [5, 5.41) is 7.17. The third kappa shape index (κ3) is 5.67. The van der Waals surface area contributed by atoms with E-state index in [1.54, 1.807) is 0 Å². The normalized spacial score (nSPS) is 17.9. The number of rotatable bonds is 8. The number of nitrogens with zero attached hydrogens (tertiary/aromatic N) is 2. The maximum absolute atomic E-state index is 7.75. The van der Waals surface area contributed by atoms with E-state index in [2.05, 4.69) is 252 Å². The minimum atomic E-state index is -0.574. The van der Waals surface area contributed by atoms with Crippen LogP contribution in [-0.2, 0) is 0 Å². The van der Waals surface area contributed by atoms with E-state index >= 15 is 0 Å². The molecule has 0 N–H and O–H groups in total. The fraction of sp³-hybridized carbons (Fsp3) is 0.0492. The molecule has 3 heteroatoms. The molecule has 0 radical (unpaired) electrons. The molecule has 10 aromatic rings. The largest absolute Gasteiger partial charge is 0.479 e. The van der Waals surface area contributed by atoms with Crippen LogP contribution in [0.15, 0.2) is 248 Å². The minimum absolute atomic E-state index is 0.0623. The van der Waals surface area contributed by atoms with Crippen molar-refractivity contribution < 1.29 is 4.74 Å². The average Bonchev–Trinajstić information content (AvgIpc) is 4.06. The van der Waals surface area contributed by atoms with Crippen LogP contribution in [0.4, 0.5) is 28.4 Å². The van der Waals surface area contributed by atoms with Crippen molar-refractivity contribution in [1.82, 2.24) is 0 Å². The van der Waals surface area contributed by atoms with Gasteiger partial charge in [-0.25, -0.2) is 0 Å². The SMILES string of the molecule is C1=CC23Oc4c(N(c5ccc(-c6ccccc6)cc5)c5cccc6ccccc56)ccc5cccc(c45)C2C3C(N(c2ccc(-c3ccccc3)cc2)c2cccc3ccccc23)=C1. The Morgan fingerprint density at radius 3 is 1.50 bits per heavy atom. The number of benzene rings is 10. The molecule has 1 spiro atoms. The molecular formula is C61H42N2O. The Hall–Kier alpha value is -8.14. The average molecular weight is 819 g/mol. The van der Waals surface area contributed by atoms with Crippen LogP contribution in [0.3, 0.4) is 0 Å². The highest BCUT2D eigenvalue weighted by molar-refractivity contribution is 6.05. The zero-order valence-electron chi connectivity index (χ0n) is 35.1. The fourth-order valence-corrected chi connectivity index (χ4v) is 10.8. The molecule has 1 heterocycles. The van der Waals surface area contributed by atoms with Crippen LogP contribution >= 0.6 is 0 Å². The Kier molecular flexibility index (Phi) is 8.26. The lowest BCUT2D eigenvalue weighted by atomic mass is 9.94. The molecule has 10 aromatic carbocycles. The molecule has 1 saturated carbocycles. The van der Waals surface area contributed by atoms with Crippen molar-refractivity contribution in [2.24, 2.45) is 5.92 Å². The number of anilines is 5. The lowest BCUT2D eigenvalue weighted by Gasteiger charge is -2.34. The van der Waals surface area contributed by atoms with Gasteiger partial charge in [0.2, 0.25) is 0 Å². The first-order valence-corrected chi connectivity index (χ1v) is 22.2. The fourth-order valence-electron chi connectivity index (χ4n) is 10.8. The van der Waals surface area contributed by atoms with Crippen LogP contribution in [0.5, 0.6) is 5.75 Å². The van der Waals surface area contributed by atoms with Gasteiger partial charge < -0.3 is 14.5 Å². The van der Waals surface area contributed by atoms with Crippen LogP contribution in [-0.4, -0.2) is 5.60 Å². The first kappa shape index (κ1) is 36.5. The third-order valence-corrected chi connectivity index (χ3v) is 13.7. The smallest absolute Gasteiger partial charge is 0.152 e. The number of hydrogen-bond donors (Lipinski definition) is 0. The summed E-state index contributed by atoms with van der Waals surface area (Å²) in [5.74, 6) is 1.11. The van der Waals surface area contributed by atoms with Gasteiger partial charge in [0.05, 0.1) is 23.0 Å². The monoisotopic (exact) mass is 818 g/mol. The van der Waals surface area contributed by atoms with Gasteiger partial charge >= 0.3 is 0 Å². The van der Waals surface area contributed by atoms with Gasteiger partial charge in [-0.15, -0.1) is 0 Å². The van der Waals surface area contributed by atoms with E-state index in [4.69, 9.17) is 4.74 Å². The van der Waals surface area contributed by atoms with E-state index in [1.807, 2.05) is 0 Å². The summed E-state index contributed by atoms with van der Waals surface area (Å²) in [5.41, 5.74) is 12.2. The quantitative estimate of drug-likeness (QED) is 0.152. The molecule has 3 unspecified atom stereocenters. The van der Waals surface area contributed by atoms with E-state index < -0.39 is 5.60 Å². The molecule has 1 fully saturated rings. The maximum Gasteiger partial charge on any atom is 0.152 e. The Morgan fingerprint density at radius 1 is 0.375 bits per heavy atom. The number of fused-ring (bicyclic) bond motifs is 4. The summed E-state index contributed by atoms with van der Waals surface area (Å²) in [6, 6.07) is 81.3. The predicted molar refractivity (Wildman–Crippen MR) is 266 cm³/mol. The standard InChI is InChI=1S/C61H42N2O/c1-3-15-41(16-4-1)43-30-35-48(36-31-43)62(53-27-12-21-45-19-7-9-24-50(45)53)55-29-14-40-61-58(59(55)61)52-26-11-23-47-34-39-56(60(64-61)57(47)52)63(54-28-13-22-46-20-8-10-25-51(46)54)49-37-32-44(33-38-49)42-17-5-2-6-18-42/h1-40,58-59H. The van der Waals surface area contributed by atoms with Crippen LogP contribution < -0.4 is 14.5 Å². The number of ether oxygens (including phenoxy) is 1. The summed E-state index contributed by atoms with van der Waals surface area (Å²) in [7, 11) is 0. The molecule has 0 amide bonds. The van der Waals surface area contributed by atoms with Crippen molar-refractivity contribution in [2.45, 2.75) is 11.5 Å². The molecule has 3 nitrogen and oxygen atoms in total. The highest BCUT2D eigenvalue weighted by Gasteiger charge is 2.71. The first-order valence-electron chi connectivity index (χ1n) is 22.2. The van der Waals surface area contributed by atoms with Crippen LogP contribution in [0.25, 0.3) is 54.6 Å². The van der Waals surface area contributed by atoms with Crippen molar-refractivity contribution in [2.75, 3.05) is 9.80 Å². The Balaban J connectivity index is 0.969. The molecule has 64 heavy (non-hydrogen) atoms. The molecule has 2 aliphatic carbocycles. The molecule has 302 valence electrons. The van der Waals surface area contributed by atoms with Crippen molar-refractivity contribution in [3.05, 3.63) is 254 Å². The molecule has 0 bridgehead atoms. The van der Waals surface area contributed by atoms with Gasteiger partial charge in [0.25, 0.3) is 0 Å². The summed E-state index contributed by atoms with van der Waals surface area (Å²) < 4.78 is 7.75. The maximum atomic E-state index is 7.75. The van der Waals surface area contributed by atoms with Crippen LogP contribution in [0.2, 0.25) is 0 Å². The number of allylic oxidation sites excluding steroid dienone is 2. The highest BCUT2D eigenvalue weighted by Crippen LogP contribution is 2.71. The Bertz CT molecular complexity index is 3470. The summed E-state index contributed by atoms with van der Waals surface area (Å²) in [4.78, 5) is 4.91. The van der Waals surface area contributed by atoms with Crippen molar-refractivity contribution in [3.63, 3.8) is 0 Å². The molecule has 1 aliphatic heterocycles. The van der Waals surface area contributed by atoms with E-state index in [0.717, 1.165) is 34.2 Å². The molecular weight excluding hydrogens is 777 g/mol. The van der Waals surface area contributed by atoms with E-state index in [0.29, 0.717) is 0 Å². The van der Waals surface area contributed by atoms with Crippen LogP contribution in [0, 0.1) is 5.92 Å². The molecule has 0 saturated heterocycles. The van der Waals surface area contributed by atoms with Gasteiger partial charge in [-0.3, -0.25) is 0 Å². The summed E-state index contributed by atoms with van der Waals surface area (Å²) >= 11 is 0. The minimum Gasteiger partial charge on any atom is -0.479 e. The van der Waals surface area contributed by atoms with E-state index in [-0.39, 0.29) is 11.8 Å². The summed E-state index contributed by atoms with van der Waals surface area (Å²) in [6.45, 7) is 0. The lowest BCUT2D eigenvalue weighted by Crippen LogP contribution is -2.29.